The molecule has 0 heterocycles. The highest BCUT2D eigenvalue weighted by atomic mass is 16.1. The minimum atomic E-state index is 0.0177. The number of nitrogens with one attached hydrogen (secondary N) is 1. The Kier molecular flexibility index (Phi) is 5.41. The van der Waals surface area contributed by atoms with Crippen LogP contribution in [0.1, 0.15) is 31.4 Å². The van der Waals surface area contributed by atoms with Gasteiger partial charge in [-0.3, -0.25) is 4.79 Å². The van der Waals surface area contributed by atoms with Crippen molar-refractivity contribution in [2.24, 2.45) is 11.7 Å². The zero-order valence-corrected chi connectivity index (χ0v) is 11.2. The SMILES string of the molecule is CCC(C)C(=O)Nc1cc(C)cc(C#CCN)c1. The summed E-state index contributed by atoms with van der Waals surface area (Å²) >= 11 is 0. The van der Waals surface area contributed by atoms with Gasteiger partial charge >= 0.3 is 0 Å². The lowest BCUT2D eigenvalue weighted by Gasteiger charge is -2.11. The molecule has 18 heavy (non-hydrogen) atoms. The molecule has 0 spiro atoms. The topological polar surface area (TPSA) is 55.1 Å². The first-order valence-electron chi connectivity index (χ1n) is 6.18. The minimum Gasteiger partial charge on any atom is -0.326 e. The Morgan fingerprint density at radius 3 is 2.78 bits per heavy atom. The molecule has 0 fully saturated rings. The fraction of sp³-hybridized carbons (Fsp3) is 0.400. The molecule has 3 heteroatoms. The molecule has 0 aromatic heterocycles. The van der Waals surface area contributed by atoms with Gasteiger partial charge in [0.1, 0.15) is 0 Å². The van der Waals surface area contributed by atoms with Crippen LogP contribution in [-0.4, -0.2) is 12.5 Å². The molecular weight excluding hydrogens is 224 g/mol. The second kappa shape index (κ2) is 6.83. The van der Waals surface area contributed by atoms with E-state index >= 15 is 0 Å². The van der Waals surface area contributed by atoms with Gasteiger partial charge in [-0.05, 0) is 37.1 Å². The maximum absolute atomic E-state index is 11.8. The van der Waals surface area contributed by atoms with Crippen LogP contribution in [-0.2, 0) is 4.79 Å². The van der Waals surface area contributed by atoms with Gasteiger partial charge in [0.15, 0.2) is 0 Å². The van der Waals surface area contributed by atoms with E-state index in [0.29, 0.717) is 6.54 Å². The summed E-state index contributed by atoms with van der Waals surface area (Å²) in [6, 6.07) is 5.78. The molecule has 0 aliphatic heterocycles. The molecule has 1 amide bonds. The van der Waals surface area contributed by atoms with Gasteiger partial charge in [0.2, 0.25) is 5.91 Å². The maximum atomic E-state index is 11.8. The average molecular weight is 244 g/mol. The van der Waals surface area contributed by atoms with Gasteiger partial charge in [-0.2, -0.15) is 0 Å². The summed E-state index contributed by atoms with van der Waals surface area (Å²) in [5.41, 5.74) is 8.08. The number of hydrogen-bond acceptors (Lipinski definition) is 2. The fourth-order valence-corrected chi connectivity index (χ4v) is 1.53. The highest BCUT2D eigenvalue weighted by Gasteiger charge is 2.10. The number of rotatable bonds is 3. The molecule has 0 aliphatic carbocycles. The first-order valence-corrected chi connectivity index (χ1v) is 6.18. The fourth-order valence-electron chi connectivity index (χ4n) is 1.53. The molecular formula is C15H20N2O. The van der Waals surface area contributed by atoms with Gasteiger partial charge in [0.05, 0.1) is 6.54 Å². The van der Waals surface area contributed by atoms with E-state index in [9.17, 15) is 4.79 Å². The third kappa shape index (κ3) is 4.23. The zero-order chi connectivity index (χ0) is 13.5. The summed E-state index contributed by atoms with van der Waals surface area (Å²) in [7, 11) is 0. The minimum absolute atomic E-state index is 0.0177. The van der Waals surface area contributed by atoms with E-state index in [2.05, 4.69) is 17.2 Å². The molecule has 0 bridgehead atoms. The molecule has 3 nitrogen and oxygen atoms in total. The van der Waals surface area contributed by atoms with Crippen molar-refractivity contribution in [3.05, 3.63) is 29.3 Å². The van der Waals surface area contributed by atoms with Crippen LogP contribution in [0.15, 0.2) is 18.2 Å². The van der Waals surface area contributed by atoms with E-state index in [1.807, 2.05) is 39.0 Å². The standard InChI is InChI=1S/C15H20N2O/c1-4-12(3)15(18)17-14-9-11(2)8-13(10-14)6-5-7-16/h8-10,12H,4,7,16H2,1-3H3,(H,17,18). The van der Waals surface area contributed by atoms with E-state index in [4.69, 9.17) is 5.73 Å². The van der Waals surface area contributed by atoms with Gasteiger partial charge in [-0.1, -0.05) is 25.7 Å². The molecule has 1 aromatic carbocycles. The maximum Gasteiger partial charge on any atom is 0.227 e. The van der Waals surface area contributed by atoms with Crippen molar-refractivity contribution in [2.75, 3.05) is 11.9 Å². The molecule has 96 valence electrons. The second-order valence-electron chi connectivity index (χ2n) is 4.39. The zero-order valence-electron chi connectivity index (χ0n) is 11.2. The average Bonchev–Trinajstić information content (AvgIpc) is 2.34. The number of anilines is 1. The van der Waals surface area contributed by atoms with Crippen LogP contribution < -0.4 is 11.1 Å². The van der Waals surface area contributed by atoms with E-state index in [0.717, 1.165) is 23.2 Å². The normalized spacial score (nSPS) is 11.3. The Labute approximate surface area is 109 Å². The highest BCUT2D eigenvalue weighted by Crippen LogP contribution is 2.15. The monoisotopic (exact) mass is 244 g/mol. The van der Waals surface area contributed by atoms with Crippen molar-refractivity contribution in [2.45, 2.75) is 27.2 Å². The van der Waals surface area contributed by atoms with Crippen LogP contribution in [0.25, 0.3) is 0 Å². The third-order valence-corrected chi connectivity index (χ3v) is 2.74. The number of benzene rings is 1. The quantitative estimate of drug-likeness (QED) is 0.801. The Morgan fingerprint density at radius 1 is 1.44 bits per heavy atom. The second-order valence-corrected chi connectivity index (χ2v) is 4.39. The van der Waals surface area contributed by atoms with E-state index in [1.165, 1.54) is 0 Å². The summed E-state index contributed by atoms with van der Waals surface area (Å²) in [5.74, 6) is 5.85. The van der Waals surface area contributed by atoms with Crippen LogP contribution in [0.5, 0.6) is 0 Å². The smallest absolute Gasteiger partial charge is 0.227 e. The highest BCUT2D eigenvalue weighted by molar-refractivity contribution is 5.92. The largest absolute Gasteiger partial charge is 0.326 e. The number of carbonyl (C=O) groups is 1. The van der Waals surface area contributed by atoms with Crippen molar-refractivity contribution < 1.29 is 4.79 Å². The van der Waals surface area contributed by atoms with Gasteiger partial charge in [0, 0.05) is 17.2 Å². The van der Waals surface area contributed by atoms with E-state index in [1.54, 1.807) is 0 Å². The number of amides is 1. The van der Waals surface area contributed by atoms with Crippen molar-refractivity contribution in [3.8, 4) is 11.8 Å². The molecule has 1 rings (SSSR count). The lowest BCUT2D eigenvalue weighted by molar-refractivity contribution is -0.119. The van der Waals surface area contributed by atoms with Gasteiger partial charge < -0.3 is 11.1 Å². The Balaban J connectivity index is 2.89. The predicted molar refractivity (Wildman–Crippen MR) is 75.2 cm³/mol. The van der Waals surface area contributed by atoms with Crippen LogP contribution in [0.4, 0.5) is 5.69 Å². The van der Waals surface area contributed by atoms with Crippen molar-refractivity contribution in [1.82, 2.24) is 0 Å². The summed E-state index contributed by atoms with van der Waals surface area (Å²) in [6.07, 6.45) is 0.831. The number of aryl methyl sites for hydroxylation is 1. The molecule has 0 saturated carbocycles. The van der Waals surface area contributed by atoms with Gasteiger partial charge in [-0.15, -0.1) is 0 Å². The number of nitrogens with two attached hydrogens (primary N) is 1. The molecule has 0 saturated heterocycles. The molecule has 1 aromatic rings. The Morgan fingerprint density at radius 2 is 2.17 bits per heavy atom. The molecule has 0 radical (unpaired) electrons. The van der Waals surface area contributed by atoms with Crippen molar-refractivity contribution >= 4 is 11.6 Å². The summed E-state index contributed by atoms with van der Waals surface area (Å²) in [6.45, 7) is 6.23. The molecule has 1 atom stereocenters. The molecule has 3 N–H and O–H groups in total. The van der Waals surface area contributed by atoms with Gasteiger partial charge in [0.25, 0.3) is 0 Å². The Hall–Kier alpha value is -1.79. The van der Waals surface area contributed by atoms with Crippen molar-refractivity contribution in [1.29, 1.82) is 0 Å². The lowest BCUT2D eigenvalue weighted by Crippen LogP contribution is -2.19. The van der Waals surface area contributed by atoms with Crippen LogP contribution >= 0.6 is 0 Å². The summed E-state index contributed by atoms with van der Waals surface area (Å²) in [5, 5.41) is 2.91. The first-order chi connectivity index (χ1) is 8.56. The summed E-state index contributed by atoms with van der Waals surface area (Å²) < 4.78 is 0. The third-order valence-electron chi connectivity index (χ3n) is 2.74. The first kappa shape index (κ1) is 14.3. The number of hydrogen-bond donors (Lipinski definition) is 2. The number of carbonyl (C=O) groups excluding carboxylic acids is 1. The van der Waals surface area contributed by atoms with Crippen LogP contribution in [0.3, 0.4) is 0 Å². The Bertz CT molecular complexity index is 483. The lowest BCUT2D eigenvalue weighted by atomic mass is 10.1. The summed E-state index contributed by atoms with van der Waals surface area (Å²) in [4.78, 5) is 11.8. The van der Waals surface area contributed by atoms with Crippen molar-refractivity contribution in [3.63, 3.8) is 0 Å². The molecule has 1 unspecified atom stereocenters. The molecule has 0 aliphatic rings. The van der Waals surface area contributed by atoms with Crippen LogP contribution in [0.2, 0.25) is 0 Å². The van der Waals surface area contributed by atoms with E-state index in [-0.39, 0.29) is 11.8 Å². The van der Waals surface area contributed by atoms with Crippen LogP contribution in [0, 0.1) is 24.7 Å². The van der Waals surface area contributed by atoms with Gasteiger partial charge in [-0.25, -0.2) is 0 Å². The predicted octanol–water partition coefficient (Wildman–Crippen LogP) is 2.29. The van der Waals surface area contributed by atoms with E-state index < -0.39 is 0 Å².